The second kappa shape index (κ2) is 6.17. The van der Waals surface area contributed by atoms with E-state index in [1.807, 2.05) is 0 Å². The number of alkyl halides is 3. The summed E-state index contributed by atoms with van der Waals surface area (Å²) in [6, 6.07) is 3.75. The van der Waals surface area contributed by atoms with Crippen molar-refractivity contribution < 1.29 is 32.2 Å². The maximum absolute atomic E-state index is 13.7. The summed E-state index contributed by atoms with van der Waals surface area (Å²) in [6.45, 7) is 1.51. The summed E-state index contributed by atoms with van der Waals surface area (Å²) in [4.78, 5) is 11.1. The van der Waals surface area contributed by atoms with Crippen molar-refractivity contribution in [3.63, 3.8) is 0 Å². The van der Waals surface area contributed by atoms with Gasteiger partial charge in [0.15, 0.2) is 10.7 Å². The molecule has 0 bridgehead atoms. The Morgan fingerprint density at radius 2 is 1.95 bits per heavy atom. The molecule has 0 amide bonds. The van der Waals surface area contributed by atoms with Gasteiger partial charge in [0.2, 0.25) is 0 Å². The van der Waals surface area contributed by atoms with Crippen LogP contribution in [0.25, 0.3) is 0 Å². The number of aromatic hydroxyl groups is 1. The van der Waals surface area contributed by atoms with Gasteiger partial charge in [-0.3, -0.25) is 0 Å². The van der Waals surface area contributed by atoms with Gasteiger partial charge in [0.05, 0.1) is 7.11 Å². The van der Waals surface area contributed by atoms with Crippen LogP contribution in [0.15, 0.2) is 33.8 Å². The van der Waals surface area contributed by atoms with Crippen molar-refractivity contribution >= 4 is 17.7 Å². The van der Waals surface area contributed by atoms with Crippen molar-refractivity contribution in [3.8, 4) is 5.75 Å². The Balaban J connectivity index is 3.16. The van der Waals surface area contributed by atoms with Crippen LogP contribution in [0.5, 0.6) is 5.75 Å². The van der Waals surface area contributed by atoms with Gasteiger partial charge in [-0.15, -0.1) is 0 Å². The van der Waals surface area contributed by atoms with E-state index < -0.39 is 22.9 Å². The number of phenolic OH excluding ortho intramolecular Hbond substituents is 1. The molecule has 0 spiro atoms. The summed E-state index contributed by atoms with van der Waals surface area (Å²) < 4.78 is 55.4. The fourth-order valence-electron chi connectivity index (χ4n) is 1.26. The van der Waals surface area contributed by atoms with Crippen molar-refractivity contribution in [2.75, 3.05) is 7.11 Å². The zero-order valence-corrected chi connectivity index (χ0v) is 11.2. The number of carbonyl (C=O) groups is 1. The molecular weight excluding hydrogens is 300 g/mol. The van der Waals surface area contributed by atoms with E-state index in [0.717, 1.165) is 7.11 Å². The average Bonchev–Trinajstić information content (AvgIpc) is 2.32. The van der Waals surface area contributed by atoms with Crippen LogP contribution >= 0.6 is 11.8 Å². The highest BCUT2D eigenvalue weighted by molar-refractivity contribution is 8.03. The SMILES string of the molecule is COC(=O)/C(=C(/F)Sc1ccc(O)c(C)c1)C(F)(F)F. The average molecular weight is 310 g/mol. The number of aryl methyl sites for hydroxylation is 1. The molecule has 0 saturated heterocycles. The molecule has 0 saturated carbocycles. The third-order valence-corrected chi connectivity index (χ3v) is 3.12. The lowest BCUT2D eigenvalue weighted by Crippen LogP contribution is -2.22. The van der Waals surface area contributed by atoms with Gasteiger partial charge < -0.3 is 9.84 Å². The highest BCUT2D eigenvalue weighted by Crippen LogP contribution is 2.38. The number of carbonyl (C=O) groups excluding carboxylic acids is 1. The Kier molecular flexibility index (Phi) is 5.04. The summed E-state index contributed by atoms with van der Waals surface area (Å²) in [5.41, 5.74) is -1.62. The summed E-state index contributed by atoms with van der Waals surface area (Å²) in [6.07, 6.45) is -5.16. The minimum Gasteiger partial charge on any atom is -0.508 e. The molecule has 0 unspecified atom stereocenters. The van der Waals surface area contributed by atoms with Crippen molar-refractivity contribution in [3.05, 3.63) is 34.5 Å². The molecule has 20 heavy (non-hydrogen) atoms. The first-order valence-electron chi connectivity index (χ1n) is 5.19. The quantitative estimate of drug-likeness (QED) is 0.400. The smallest absolute Gasteiger partial charge is 0.426 e. The van der Waals surface area contributed by atoms with Crippen LogP contribution in [0.1, 0.15) is 5.56 Å². The molecule has 0 heterocycles. The molecule has 0 aromatic heterocycles. The maximum Gasteiger partial charge on any atom is 0.426 e. The molecule has 110 valence electrons. The zero-order chi connectivity index (χ0) is 15.5. The molecule has 1 rings (SSSR count). The third kappa shape index (κ3) is 3.89. The molecule has 8 heteroatoms. The third-order valence-electron chi connectivity index (χ3n) is 2.25. The van der Waals surface area contributed by atoms with E-state index in [-0.39, 0.29) is 22.4 Å². The Hall–Kier alpha value is -1.70. The van der Waals surface area contributed by atoms with Crippen LogP contribution in [0, 0.1) is 6.92 Å². The van der Waals surface area contributed by atoms with E-state index in [9.17, 15) is 27.5 Å². The second-order valence-corrected chi connectivity index (χ2v) is 4.72. The van der Waals surface area contributed by atoms with Crippen LogP contribution < -0.4 is 0 Å². The molecule has 0 fully saturated rings. The normalized spacial score (nSPS) is 12.9. The fourth-order valence-corrected chi connectivity index (χ4v) is 2.14. The summed E-state index contributed by atoms with van der Waals surface area (Å²) in [7, 11) is 0.733. The highest BCUT2D eigenvalue weighted by Gasteiger charge is 2.43. The van der Waals surface area contributed by atoms with Gasteiger partial charge in [0, 0.05) is 4.90 Å². The number of esters is 1. The van der Waals surface area contributed by atoms with E-state index in [1.165, 1.54) is 25.1 Å². The van der Waals surface area contributed by atoms with E-state index in [0.29, 0.717) is 5.56 Å². The first-order chi connectivity index (χ1) is 9.16. The van der Waals surface area contributed by atoms with Gasteiger partial charge in [0.25, 0.3) is 0 Å². The molecule has 0 radical (unpaired) electrons. The van der Waals surface area contributed by atoms with Crippen molar-refractivity contribution in [1.29, 1.82) is 0 Å². The Labute approximate surface area is 116 Å². The number of ether oxygens (including phenoxy) is 1. The first-order valence-corrected chi connectivity index (χ1v) is 6.01. The predicted octanol–water partition coefficient (Wildman–Crippen LogP) is 3.71. The lowest BCUT2D eigenvalue weighted by molar-refractivity contribution is -0.148. The number of hydrogen-bond donors (Lipinski definition) is 1. The monoisotopic (exact) mass is 310 g/mol. The summed E-state index contributed by atoms with van der Waals surface area (Å²) >= 11 is 0.126. The van der Waals surface area contributed by atoms with Crippen LogP contribution in [0.4, 0.5) is 17.6 Å². The molecule has 3 nitrogen and oxygen atoms in total. The van der Waals surface area contributed by atoms with E-state index >= 15 is 0 Å². The van der Waals surface area contributed by atoms with Crippen molar-refractivity contribution in [2.24, 2.45) is 0 Å². The zero-order valence-electron chi connectivity index (χ0n) is 10.4. The van der Waals surface area contributed by atoms with Crippen molar-refractivity contribution in [1.82, 2.24) is 0 Å². The number of hydrogen-bond acceptors (Lipinski definition) is 4. The molecule has 0 aliphatic rings. The lowest BCUT2D eigenvalue weighted by atomic mass is 10.2. The van der Waals surface area contributed by atoms with Gasteiger partial charge >= 0.3 is 12.1 Å². The number of benzene rings is 1. The largest absolute Gasteiger partial charge is 0.508 e. The number of rotatable bonds is 3. The highest BCUT2D eigenvalue weighted by atomic mass is 32.2. The molecule has 0 atom stereocenters. The lowest BCUT2D eigenvalue weighted by Gasteiger charge is -2.11. The molecule has 0 aliphatic carbocycles. The Morgan fingerprint density at radius 1 is 1.35 bits per heavy atom. The van der Waals surface area contributed by atoms with Crippen molar-refractivity contribution in [2.45, 2.75) is 18.0 Å². The minimum atomic E-state index is -5.16. The molecule has 1 aromatic rings. The standard InChI is InChI=1S/C12H10F4O3S/c1-6-5-7(3-4-8(6)17)20-10(13)9(11(18)19-2)12(14,15)16/h3-5,17H,1-2H3/b10-9+. The molecular formula is C12H10F4O3S. The van der Waals surface area contributed by atoms with E-state index in [4.69, 9.17) is 0 Å². The van der Waals surface area contributed by atoms with E-state index in [1.54, 1.807) is 0 Å². The van der Waals surface area contributed by atoms with Crippen LogP contribution in [-0.2, 0) is 9.53 Å². The van der Waals surface area contributed by atoms with Crippen LogP contribution in [-0.4, -0.2) is 24.4 Å². The molecule has 1 aromatic carbocycles. The number of halogens is 4. The number of phenols is 1. The second-order valence-electron chi connectivity index (χ2n) is 3.69. The van der Waals surface area contributed by atoms with Gasteiger partial charge in [-0.05, 0) is 30.7 Å². The fraction of sp³-hybridized carbons (Fsp3) is 0.250. The number of methoxy groups -OCH3 is 1. The Bertz CT molecular complexity index is 552. The molecule has 1 N–H and O–H groups in total. The van der Waals surface area contributed by atoms with Crippen LogP contribution in [0.3, 0.4) is 0 Å². The van der Waals surface area contributed by atoms with E-state index in [2.05, 4.69) is 4.74 Å². The minimum absolute atomic E-state index is 0.0669. The summed E-state index contributed by atoms with van der Waals surface area (Å²) in [5.74, 6) is -1.86. The number of thioether (sulfide) groups is 1. The topological polar surface area (TPSA) is 46.5 Å². The van der Waals surface area contributed by atoms with Crippen LogP contribution in [0.2, 0.25) is 0 Å². The van der Waals surface area contributed by atoms with Gasteiger partial charge in [0.1, 0.15) is 5.75 Å². The van der Waals surface area contributed by atoms with Gasteiger partial charge in [-0.1, -0.05) is 11.8 Å². The summed E-state index contributed by atoms with van der Waals surface area (Å²) in [5, 5.41) is 7.56. The van der Waals surface area contributed by atoms with Gasteiger partial charge in [-0.25, -0.2) is 4.79 Å². The first kappa shape index (κ1) is 16.4. The Morgan fingerprint density at radius 3 is 2.40 bits per heavy atom. The maximum atomic E-state index is 13.7. The predicted molar refractivity (Wildman–Crippen MR) is 64.9 cm³/mol. The van der Waals surface area contributed by atoms with Gasteiger partial charge in [-0.2, -0.15) is 17.6 Å². The molecule has 0 aliphatic heterocycles.